The van der Waals surface area contributed by atoms with Crippen molar-refractivity contribution >= 4 is 29.2 Å². The average Bonchev–Trinajstić information content (AvgIpc) is 2.60. The van der Waals surface area contributed by atoms with Gasteiger partial charge in [-0.05, 0) is 56.1 Å². The Balaban J connectivity index is 1.65. The molecule has 8 heteroatoms. The van der Waals surface area contributed by atoms with Gasteiger partial charge in [0.1, 0.15) is 5.82 Å². The maximum absolute atomic E-state index is 12.9. The summed E-state index contributed by atoms with van der Waals surface area (Å²) in [7, 11) is 0. The van der Waals surface area contributed by atoms with Crippen molar-refractivity contribution in [3.8, 4) is 0 Å². The van der Waals surface area contributed by atoms with Crippen LogP contribution in [0.2, 0.25) is 0 Å². The van der Waals surface area contributed by atoms with E-state index in [-0.39, 0.29) is 18.0 Å². The molecule has 0 aromatic carbocycles. The summed E-state index contributed by atoms with van der Waals surface area (Å²) < 4.78 is 0. The van der Waals surface area contributed by atoms with Gasteiger partial charge in [-0.15, -0.1) is 0 Å². The van der Waals surface area contributed by atoms with Crippen molar-refractivity contribution in [2.75, 3.05) is 17.6 Å². The molecule has 8 nitrogen and oxygen atoms in total. The second kappa shape index (κ2) is 8.16. The smallest absolute Gasteiger partial charge is 0.313 e. The van der Waals surface area contributed by atoms with Gasteiger partial charge in [0.2, 0.25) is 5.91 Å². The summed E-state index contributed by atoms with van der Waals surface area (Å²) in [5.74, 6) is -0.105. The highest BCUT2D eigenvalue weighted by molar-refractivity contribution is 6.39. The molecular weight excluding hydrogens is 358 g/mol. The standard InChI is InChI=1S/C20H29N5O3/c1-11-4-5-17(14-7-15(8-14)23-13(3)26)25(10-11)20(28)19(27)24-16-6-12(2)18(21)22-9-16/h6,9,11,14-15,17H,4-5,7-8,10H2,1-3H3,(H2,21,22)(H,23,26)(H,24,27)/t11-,14?,15?,17-/m0/s1. The Labute approximate surface area is 165 Å². The lowest BCUT2D eigenvalue weighted by molar-refractivity contribution is -0.148. The van der Waals surface area contributed by atoms with Gasteiger partial charge in [0.25, 0.3) is 0 Å². The Hall–Kier alpha value is -2.64. The summed E-state index contributed by atoms with van der Waals surface area (Å²) in [5.41, 5.74) is 6.90. The number of rotatable bonds is 3. The number of piperidine rings is 1. The van der Waals surface area contributed by atoms with Crippen LogP contribution in [0.5, 0.6) is 0 Å². The Morgan fingerprint density at radius 3 is 2.61 bits per heavy atom. The van der Waals surface area contributed by atoms with Crippen molar-refractivity contribution in [1.29, 1.82) is 0 Å². The number of likely N-dealkylation sites (tertiary alicyclic amines) is 1. The highest BCUT2D eigenvalue weighted by Crippen LogP contribution is 2.38. The number of carbonyl (C=O) groups is 3. The van der Waals surface area contributed by atoms with Crippen LogP contribution in [-0.4, -0.2) is 46.2 Å². The van der Waals surface area contributed by atoms with Crippen LogP contribution in [0.1, 0.15) is 45.1 Å². The highest BCUT2D eigenvalue weighted by atomic mass is 16.2. The molecule has 4 N–H and O–H groups in total. The van der Waals surface area contributed by atoms with Crippen LogP contribution < -0.4 is 16.4 Å². The van der Waals surface area contributed by atoms with Gasteiger partial charge in [0.15, 0.2) is 0 Å². The van der Waals surface area contributed by atoms with E-state index in [0.29, 0.717) is 29.9 Å². The van der Waals surface area contributed by atoms with Crippen molar-refractivity contribution < 1.29 is 14.4 Å². The van der Waals surface area contributed by atoms with E-state index in [2.05, 4.69) is 22.5 Å². The first-order valence-corrected chi connectivity index (χ1v) is 9.85. The molecule has 2 aliphatic rings. The molecular formula is C20H29N5O3. The zero-order valence-corrected chi connectivity index (χ0v) is 16.7. The highest BCUT2D eigenvalue weighted by Gasteiger charge is 2.43. The molecule has 28 heavy (non-hydrogen) atoms. The van der Waals surface area contributed by atoms with Gasteiger partial charge < -0.3 is 21.3 Å². The first-order chi connectivity index (χ1) is 13.2. The van der Waals surface area contributed by atoms with Crippen molar-refractivity contribution in [2.24, 2.45) is 11.8 Å². The van der Waals surface area contributed by atoms with E-state index in [9.17, 15) is 14.4 Å². The molecule has 0 bridgehead atoms. The summed E-state index contributed by atoms with van der Waals surface area (Å²) in [6.45, 7) is 5.99. The number of aryl methyl sites for hydroxylation is 1. The lowest BCUT2D eigenvalue weighted by Crippen LogP contribution is -2.57. The van der Waals surface area contributed by atoms with Gasteiger partial charge in [0, 0.05) is 25.6 Å². The lowest BCUT2D eigenvalue weighted by Gasteiger charge is -2.48. The normalized spacial score (nSPS) is 26.9. The van der Waals surface area contributed by atoms with E-state index in [1.54, 1.807) is 17.9 Å². The molecule has 1 saturated carbocycles. The topological polar surface area (TPSA) is 117 Å². The molecule has 2 heterocycles. The maximum Gasteiger partial charge on any atom is 0.313 e. The van der Waals surface area contributed by atoms with Crippen molar-refractivity contribution in [3.05, 3.63) is 17.8 Å². The van der Waals surface area contributed by atoms with Gasteiger partial charge in [0.05, 0.1) is 11.9 Å². The Morgan fingerprint density at radius 1 is 1.25 bits per heavy atom. The zero-order valence-electron chi connectivity index (χ0n) is 16.7. The number of nitrogens with one attached hydrogen (secondary N) is 2. The Kier molecular flexibility index (Phi) is 5.86. The zero-order chi connectivity index (χ0) is 20.4. The third-order valence-corrected chi connectivity index (χ3v) is 5.82. The van der Waals surface area contributed by atoms with Crippen LogP contribution >= 0.6 is 0 Å². The molecule has 2 atom stereocenters. The lowest BCUT2D eigenvalue weighted by atomic mass is 9.71. The van der Waals surface area contributed by atoms with Gasteiger partial charge in [-0.25, -0.2) is 4.98 Å². The SMILES string of the molecule is CC(=O)NC1CC([C@@H]2CC[C@H](C)CN2C(=O)C(=O)Nc2cnc(N)c(C)c2)C1. The molecule has 1 aliphatic heterocycles. The van der Waals surface area contributed by atoms with E-state index in [4.69, 9.17) is 5.73 Å². The fourth-order valence-corrected chi connectivity index (χ4v) is 4.25. The number of amides is 3. The number of carbonyl (C=O) groups excluding carboxylic acids is 3. The number of hydrogen-bond donors (Lipinski definition) is 3. The minimum Gasteiger partial charge on any atom is -0.383 e. The van der Waals surface area contributed by atoms with Crippen LogP contribution in [-0.2, 0) is 14.4 Å². The number of anilines is 2. The van der Waals surface area contributed by atoms with Crippen LogP contribution in [0.25, 0.3) is 0 Å². The third kappa shape index (κ3) is 4.43. The number of hydrogen-bond acceptors (Lipinski definition) is 5. The molecule has 0 radical (unpaired) electrons. The molecule has 3 rings (SSSR count). The molecule has 3 amide bonds. The van der Waals surface area contributed by atoms with Crippen LogP contribution in [0, 0.1) is 18.8 Å². The number of nitrogen functional groups attached to an aromatic ring is 1. The molecule has 152 valence electrons. The minimum atomic E-state index is -0.650. The monoisotopic (exact) mass is 387 g/mol. The summed E-state index contributed by atoms with van der Waals surface area (Å²) in [6, 6.07) is 1.93. The number of nitrogens with two attached hydrogens (primary N) is 1. The van der Waals surface area contributed by atoms with Gasteiger partial charge >= 0.3 is 11.8 Å². The Morgan fingerprint density at radius 2 is 1.96 bits per heavy atom. The predicted octanol–water partition coefficient (Wildman–Crippen LogP) is 1.45. The third-order valence-electron chi connectivity index (χ3n) is 5.82. The van der Waals surface area contributed by atoms with Crippen LogP contribution in [0.15, 0.2) is 12.3 Å². The summed E-state index contributed by atoms with van der Waals surface area (Å²) in [4.78, 5) is 42.5. The average molecular weight is 387 g/mol. The van der Waals surface area contributed by atoms with E-state index in [1.807, 2.05) is 0 Å². The summed E-state index contributed by atoms with van der Waals surface area (Å²) in [6.07, 6.45) is 5.09. The van der Waals surface area contributed by atoms with Gasteiger partial charge in [-0.1, -0.05) is 6.92 Å². The quantitative estimate of drug-likeness (QED) is 0.679. The molecule has 2 fully saturated rings. The number of nitrogens with zero attached hydrogens (tertiary/aromatic N) is 2. The fourth-order valence-electron chi connectivity index (χ4n) is 4.25. The minimum absolute atomic E-state index is 0.0274. The van der Waals surface area contributed by atoms with Crippen LogP contribution in [0.3, 0.4) is 0 Å². The first-order valence-electron chi connectivity index (χ1n) is 9.85. The van der Waals surface area contributed by atoms with E-state index in [1.165, 1.54) is 13.1 Å². The van der Waals surface area contributed by atoms with Gasteiger partial charge in [-0.3, -0.25) is 14.4 Å². The first kappa shape index (κ1) is 20.1. The second-order valence-electron chi connectivity index (χ2n) is 8.22. The molecule has 1 saturated heterocycles. The summed E-state index contributed by atoms with van der Waals surface area (Å²) >= 11 is 0. The van der Waals surface area contributed by atoms with E-state index >= 15 is 0 Å². The van der Waals surface area contributed by atoms with E-state index < -0.39 is 11.8 Å². The van der Waals surface area contributed by atoms with Crippen molar-refractivity contribution in [1.82, 2.24) is 15.2 Å². The van der Waals surface area contributed by atoms with Crippen molar-refractivity contribution in [2.45, 2.75) is 58.5 Å². The molecule has 1 aromatic rings. The van der Waals surface area contributed by atoms with E-state index in [0.717, 1.165) is 31.2 Å². The number of aromatic nitrogens is 1. The summed E-state index contributed by atoms with van der Waals surface area (Å²) in [5, 5.41) is 5.57. The molecule has 1 aliphatic carbocycles. The predicted molar refractivity (Wildman–Crippen MR) is 106 cm³/mol. The Bertz CT molecular complexity index is 775. The molecule has 0 spiro atoms. The number of pyridine rings is 1. The van der Waals surface area contributed by atoms with Crippen molar-refractivity contribution in [3.63, 3.8) is 0 Å². The molecule has 1 aromatic heterocycles. The maximum atomic E-state index is 12.9. The molecule has 0 unspecified atom stereocenters. The largest absolute Gasteiger partial charge is 0.383 e. The second-order valence-corrected chi connectivity index (χ2v) is 8.22. The van der Waals surface area contributed by atoms with Gasteiger partial charge in [-0.2, -0.15) is 0 Å². The fraction of sp³-hybridized carbons (Fsp3) is 0.600. The van der Waals surface area contributed by atoms with Crippen LogP contribution in [0.4, 0.5) is 11.5 Å².